The molecule has 1 aromatic heterocycles. The maximum absolute atomic E-state index is 13.3. The zero-order valence-corrected chi connectivity index (χ0v) is 17.8. The number of carbonyl (C=O) groups is 1. The highest BCUT2D eigenvalue weighted by atomic mass is 35.5. The van der Waals surface area contributed by atoms with Crippen LogP contribution in [0, 0.1) is 5.82 Å². The number of amides is 1. The SMILES string of the molecule is CNC1CCCN(C(=O)c2oc3ccccc3c2CSc2ccc(F)cc2)C1.Cl. The first-order chi connectivity index (χ1) is 13.7. The molecular weight excluding hydrogens is 411 g/mol. The fourth-order valence-corrected chi connectivity index (χ4v) is 4.57. The molecule has 3 aromatic rings. The van der Waals surface area contributed by atoms with Gasteiger partial charge >= 0.3 is 0 Å². The van der Waals surface area contributed by atoms with Crippen LogP contribution in [0.15, 0.2) is 57.8 Å². The summed E-state index contributed by atoms with van der Waals surface area (Å²) in [5, 5.41) is 4.23. The number of hydrogen-bond acceptors (Lipinski definition) is 4. The van der Waals surface area contributed by atoms with Crippen molar-refractivity contribution < 1.29 is 13.6 Å². The Hall–Kier alpha value is -2.02. The molecule has 1 atom stereocenters. The minimum absolute atomic E-state index is 0. The second-order valence-electron chi connectivity index (χ2n) is 7.03. The molecule has 4 rings (SSSR count). The molecule has 0 saturated carbocycles. The molecular formula is C22H24ClFN2O2S. The number of halogens is 2. The number of piperidine rings is 1. The Labute approximate surface area is 180 Å². The summed E-state index contributed by atoms with van der Waals surface area (Å²) in [5.41, 5.74) is 1.63. The molecule has 1 aliphatic heterocycles. The molecule has 7 heteroatoms. The Morgan fingerprint density at radius 2 is 2.00 bits per heavy atom. The van der Waals surface area contributed by atoms with E-state index in [4.69, 9.17) is 4.42 Å². The van der Waals surface area contributed by atoms with Gasteiger partial charge in [-0.25, -0.2) is 4.39 Å². The Morgan fingerprint density at radius 1 is 1.24 bits per heavy atom. The number of likely N-dealkylation sites (N-methyl/N-ethyl adjacent to an activating group) is 1. The van der Waals surface area contributed by atoms with Crippen LogP contribution in [0.1, 0.15) is 29.0 Å². The lowest BCUT2D eigenvalue weighted by Crippen LogP contribution is -2.47. The molecule has 0 radical (unpaired) electrons. The summed E-state index contributed by atoms with van der Waals surface area (Å²) in [6.45, 7) is 1.44. The van der Waals surface area contributed by atoms with Gasteiger partial charge in [0.1, 0.15) is 11.4 Å². The van der Waals surface area contributed by atoms with Crippen molar-refractivity contribution in [3.63, 3.8) is 0 Å². The van der Waals surface area contributed by atoms with E-state index in [0.29, 0.717) is 24.1 Å². The van der Waals surface area contributed by atoms with Gasteiger partial charge < -0.3 is 14.6 Å². The van der Waals surface area contributed by atoms with Crippen molar-refractivity contribution in [2.75, 3.05) is 20.1 Å². The van der Waals surface area contributed by atoms with Crippen molar-refractivity contribution in [3.05, 3.63) is 65.7 Å². The molecule has 1 amide bonds. The third-order valence-electron chi connectivity index (χ3n) is 5.21. The van der Waals surface area contributed by atoms with Crippen molar-refractivity contribution in [1.29, 1.82) is 0 Å². The van der Waals surface area contributed by atoms with E-state index in [1.807, 2.05) is 36.2 Å². The lowest BCUT2D eigenvalue weighted by molar-refractivity contribution is 0.0667. The number of thioether (sulfide) groups is 1. The predicted molar refractivity (Wildman–Crippen MR) is 117 cm³/mol. The largest absolute Gasteiger partial charge is 0.451 e. The Bertz CT molecular complexity index is 977. The van der Waals surface area contributed by atoms with E-state index in [1.54, 1.807) is 23.9 Å². The van der Waals surface area contributed by atoms with Crippen LogP contribution in [0.2, 0.25) is 0 Å². The minimum Gasteiger partial charge on any atom is -0.451 e. The smallest absolute Gasteiger partial charge is 0.289 e. The van der Waals surface area contributed by atoms with E-state index in [0.717, 1.165) is 40.8 Å². The summed E-state index contributed by atoms with van der Waals surface area (Å²) in [5.74, 6) is 0.712. The molecule has 154 valence electrons. The van der Waals surface area contributed by atoms with Gasteiger partial charge in [0.25, 0.3) is 5.91 Å². The highest BCUT2D eigenvalue weighted by molar-refractivity contribution is 7.98. The van der Waals surface area contributed by atoms with E-state index >= 15 is 0 Å². The monoisotopic (exact) mass is 434 g/mol. The number of hydrogen-bond donors (Lipinski definition) is 1. The van der Waals surface area contributed by atoms with Crippen molar-refractivity contribution >= 4 is 41.0 Å². The van der Waals surface area contributed by atoms with Crippen molar-refractivity contribution in [1.82, 2.24) is 10.2 Å². The van der Waals surface area contributed by atoms with Gasteiger partial charge in [0.05, 0.1) is 0 Å². The minimum atomic E-state index is -0.252. The summed E-state index contributed by atoms with van der Waals surface area (Å²) in [4.78, 5) is 16.1. The van der Waals surface area contributed by atoms with Crippen LogP contribution in [0.4, 0.5) is 4.39 Å². The van der Waals surface area contributed by atoms with Crippen LogP contribution in [0.3, 0.4) is 0 Å². The zero-order chi connectivity index (χ0) is 19.5. The Balaban J connectivity index is 0.00000240. The van der Waals surface area contributed by atoms with Gasteiger partial charge in [-0.3, -0.25) is 4.79 Å². The highest BCUT2D eigenvalue weighted by Gasteiger charge is 2.28. The average Bonchev–Trinajstić information content (AvgIpc) is 3.11. The summed E-state index contributed by atoms with van der Waals surface area (Å²) in [6.07, 6.45) is 2.06. The standard InChI is InChI=1S/C22H23FN2O2S.ClH/c1-24-16-5-4-12-25(13-16)22(26)21-19(18-6-2-3-7-20(18)27-21)14-28-17-10-8-15(23)9-11-17;/h2-3,6-11,16,24H,4-5,12-14H2,1H3;1H. The molecule has 1 aliphatic rings. The number of nitrogens with one attached hydrogen (secondary N) is 1. The summed E-state index contributed by atoms with van der Waals surface area (Å²) < 4.78 is 19.2. The second-order valence-corrected chi connectivity index (χ2v) is 8.08. The number of nitrogens with zero attached hydrogens (tertiary/aromatic N) is 1. The van der Waals surface area contributed by atoms with Crippen LogP contribution >= 0.6 is 24.2 Å². The summed E-state index contributed by atoms with van der Waals surface area (Å²) in [7, 11) is 1.94. The number of carbonyl (C=O) groups excluding carboxylic acids is 1. The molecule has 1 saturated heterocycles. The lowest BCUT2D eigenvalue weighted by atomic mass is 10.0. The molecule has 1 N–H and O–H groups in total. The molecule has 0 bridgehead atoms. The van der Waals surface area contributed by atoms with Crippen molar-refractivity contribution in [3.8, 4) is 0 Å². The van der Waals surface area contributed by atoms with Crippen molar-refractivity contribution in [2.24, 2.45) is 0 Å². The number of fused-ring (bicyclic) bond motifs is 1. The fourth-order valence-electron chi connectivity index (χ4n) is 3.64. The molecule has 29 heavy (non-hydrogen) atoms. The van der Waals surface area contributed by atoms with E-state index in [2.05, 4.69) is 5.32 Å². The maximum Gasteiger partial charge on any atom is 0.289 e. The molecule has 4 nitrogen and oxygen atoms in total. The number of para-hydroxylation sites is 1. The van der Waals surface area contributed by atoms with Crippen LogP contribution in [0.25, 0.3) is 11.0 Å². The van der Waals surface area contributed by atoms with Crippen LogP contribution < -0.4 is 5.32 Å². The Kier molecular flexibility index (Phi) is 7.22. The number of rotatable bonds is 5. The van der Waals surface area contributed by atoms with Gasteiger partial charge in [0.15, 0.2) is 5.76 Å². The van der Waals surface area contributed by atoms with E-state index in [1.165, 1.54) is 12.1 Å². The highest BCUT2D eigenvalue weighted by Crippen LogP contribution is 2.33. The van der Waals surface area contributed by atoms with Gasteiger partial charge in [0.2, 0.25) is 0 Å². The third kappa shape index (κ3) is 4.77. The zero-order valence-electron chi connectivity index (χ0n) is 16.2. The number of benzene rings is 2. The molecule has 1 unspecified atom stereocenters. The van der Waals surface area contributed by atoms with Gasteiger partial charge in [0, 0.05) is 40.7 Å². The fraction of sp³-hybridized carbons (Fsp3) is 0.318. The molecule has 0 aliphatic carbocycles. The third-order valence-corrected chi connectivity index (χ3v) is 6.24. The molecule has 2 aromatic carbocycles. The van der Waals surface area contributed by atoms with Crippen molar-refractivity contribution in [2.45, 2.75) is 29.5 Å². The van der Waals surface area contributed by atoms with Gasteiger partial charge in [-0.05, 0) is 50.2 Å². The molecule has 1 fully saturated rings. The normalized spacial score (nSPS) is 16.6. The van der Waals surface area contributed by atoms with Gasteiger partial charge in [-0.15, -0.1) is 24.2 Å². The lowest BCUT2D eigenvalue weighted by Gasteiger charge is -2.32. The predicted octanol–water partition coefficient (Wildman–Crippen LogP) is 5.11. The number of likely N-dealkylation sites (tertiary alicyclic amines) is 1. The first kappa shape index (κ1) is 21.7. The second kappa shape index (κ2) is 9.65. The Morgan fingerprint density at radius 3 is 2.76 bits per heavy atom. The van der Waals surface area contributed by atoms with Crippen LogP contribution in [-0.2, 0) is 5.75 Å². The quantitative estimate of drug-likeness (QED) is 0.567. The molecule has 0 spiro atoms. The van der Waals surface area contributed by atoms with Gasteiger partial charge in [-0.1, -0.05) is 18.2 Å². The topological polar surface area (TPSA) is 45.5 Å². The first-order valence-corrected chi connectivity index (χ1v) is 10.5. The average molecular weight is 435 g/mol. The maximum atomic E-state index is 13.3. The first-order valence-electron chi connectivity index (χ1n) is 9.51. The van der Waals surface area contributed by atoms with E-state index in [-0.39, 0.29) is 24.1 Å². The number of furan rings is 1. The molecule has 2 heterocycles. The van der Waals surface area contributed by atoms with E-state index < -0.39 is 0 Å². The summed E-state index contributed by atoms with van der Waals surface area (Å²) in [6, 6.07) is 14.5. The van der Waals surface area contributed by atoms with E-state index in [9.17, 15) is 9.18 Å². The van der Waals surface area contributed by atoms with Crippen LogP contribution in [-0.4, -0.2) is 37.0 Å². The van der Waals surface area contributed by atoms with Gasteiger partial charge in [-0.2, -0.15) is 0 Å². The summed E-state index contributed by atoms with van der Waals surface area (Å²) >= 11 is 1.58. The van der Waals surface area contributed by atoms with Crippen LogP contribution in [0.5, 0.6) is 0 Å².